The molecule has 5 nitrogen and oxygen atoms in total. The number of benzene rings is 1. The van der Waals surface area contributed by atoms with Crippen molar-refractivity contribution in [3.05, 3.63) is 41.2 Å². The van der Waals surface area contributed by atoms with Crippen LogP contribution in [0.5, 0.6) is 0 Å². The van der Waals surface area contributed by atoms with E-state index in [1.165, 1.54) is 31.5 Å². The van der Waals surface area contributed by atoms with Crippen LogP contribution in [0.1, 0.15) is 18.4 Å². The van der Waals surface area contributed by atoms with Crippen LogP contribution in [0.4, 0.5) is 5.82 Å². The van der Waals surface area contributed by atoms with Crippen molar-refractivity contribution in [2.24, 2.45) is 0 Å². The monoisotopic (exact) mass is 419 g/mol. The first kappa shape index (κ1) is 18.9. The number of hydrogen-bond acceptors (Lipinski definition) is 7. The zero-order valence-corrected chi connectivity index (χ0v) is 17.7. The number of thiazole rings is 1. The van der Waals surface area contributed by atoms with Gasteiger partial charge in [0.1, 0.15) is 11.0 Å². The molecule has 3 aromatic rings. The molecule has 0 N–H and O–H groups in total. The van der Waals surface area contributed by atoms with E-state index < -0.39 is 0 Å². The second-order valence-corrected chi connectivity index (χ2v) is 9.12. The second kappa shape index (κ2) is 8.73. The van der Waals surface area contributed by atoms with Gasteiger partial charge in [0.05, 0.1) is 0 Å². The predicted octanol–water partition coefficient (Wildman–Crippen LogP) is 4.56. The summed E-state index contributed by atoms with van der Waals surface area (Å²) < 4.78 is 2.09. The molecule has 0 spiro atoms. The van der Waals surface area contributed by atoms with Crippen LogP contribution < -0.4 is 4.90 Å². The molecule has 3 heterocycles. The molecule has 0 bridgehead atoms. The number of aromatic nitrogens is 3. The Balaban J connectivity index is 1.63. The fraction of sp³-hybridized carbons (Fsp3) is 0.421. The van der Waals surface area contributed by atoms with E-state index in [2.05, 4.69) is 36.9 Å². The summed E-state index contributed by atoms with van der Waals surface area (Å²) in [6, 6.07) is 8.07. The third kappa shape index (κ3) is 4.54. The Morgan fingerprint density at radius 3 is 2.70 bits per heavy atom. The van der Waals surface area contributed by atoms with Gasteiger partial charge in [-0.15, -0.1) is 11.3 Å². The molecule has 1 fully saturated rings. The van der Waals surface area contributed by atoms with E-state index in [0.717, 1.165) is 45.2 Å². The molecule has 8 heteroatoms. The van der Waals surface area contributed by atoms with E-state index in [0.29, 0.717) is 0 Å². The fourth-order valence-electron chi connectivity index (χ4n) is 3.37. The van der Waals surface area contributed by atoms with Gasteiger partial charge in [0.25, 0.3) is 0 Å². The summed E-state index contributed by atoms with van der Waals surface area (Å²) in [6.07, 6.45) is 6.29. The molecule has 1 aliphatic rings. The first-order valence-corrected chi connectivity index (χ1v) is 11.5. The van der Waals surface area contributed by atoms with Gasteiger partial charge >= 0.3 is 0 Å². The lowest BCUT2D eigenvalue weighted by molar-refractivity contribution is 0.344. The summed E-state index contributed by atoms with van der Waals surface area (Å²) >= 11 is 9.39. The minimum Gasteiger partial charge on any atom is -0.350 e. The van der Waals surface area contributed by atoms with Crippen LogP contribution in [0.25, 0.3) is 10.3 Å². The maximum atomic E-state index is 6.06. The van der Waals surface area contributed by atoms with Crippen LogP contribution in [-0.4, -0.2) is 52.3 Å². The lowest BCUT2D eigenvalue weighted by Gasteiger charge is -2.26. The number of anilines is 1. The molecule has 1 saturated heterocycles. The number of thioether (sulfide) groups is 1. The van der Waals surface area contributed by atoms with E-state index in [9.17, 15) is 0 Å². The largest absolute Gasteiger partial charge is 0.350 e. The SMILES string of the molecule is CSc1nc2ncnc(N(CCN3CCCC3)Cc3ccc(Cl)cc3)c2s1. The number of hydrogen-bond donors (Lipinski definition) is 0. The summed E-state index contributed by atoms with van der Waals surface area (Å²) in [4.78, 5) is 18.5. The standard InChI is InChI=1S/C19H22ClN5S2/c1-26-19-23-17-16(27-19)18(22-13-21-17)25(11-10-24-8-2-3-9-24)12-14-4-6-15(20)7-5-14/h4-7,13H,2-3,8-12H2,1H3. The molecule has 0 radical (unpaired) electrons. The van der Waals surface area contributed by atoms with Crippen molar-refractivity contribution in [3.63, 3.8) is 0 Å². The van der Waals surface area contributed by atoms with Crippen molar-refractivity contribution >= 4 is 50.9 Å². The molecule has 1 aliphatic heterocycles. The molecule has 1 aromatic carbocycles. The van der Waals surface area contributed by atoms with Crippen molar-refractivity contribution in [1.29, 1.82) is 0 Å². The van der Waals surface area contributed by atoms with Crippen LogP contribution in [0, 0.1) is 0 Å². The number of fused-ring (bicyclic) bond motifs is 1. The van der Waals surface area contributed by atoms with Gasteiger partial charge in [-0.25, -0.2) is 15.0 Å². The average Bonchev–Trinajstić information content (AvgIpc) is 3.35. The van der Waals surface area contributed by atoms with Crippen molar-refractivity contribution < 1.29 is 0 Å². The zero-order chi connectivity index (χ0) is 18.6. The maximum Gasteiger partial charge on any atom is 0.176 e. The van der Waals surface area contributed by atoms with Crippen LogP contribution in [0.3, 0.4) is 0 Å². The first-order chi connectivity index (χ1) is 13.2. The normalized spacial score (nSPS) is 14.9. The van der Waals surface area contributed by atoms with Gasteiger partial charge < -0.3 is 9.80 Å². The Kier molecular flexibility index (Phi) is 6.12. The van der Waals surface area contributed by atoms with Gasteiger partial charge in [-0.1, -0.05) is 35.5 Å². The Morgan fingerprint density at radius 1 is 1.19 bits per heavy atom. The summed E-state index contributed by atoms with van der Waals surface area (Å²) in [7, 11) is 0. The highest BCUT2D eigenvalue weighted by Crippen LogP contribution is 2.33. The highest BCUT2D eigenvalue weighted by Gasteiger charge is 2.19. The summed E-state index contributed by atoms with van der Waals surface area (Å²) in [5.74, 6) is 0.979. The molecule has 0 unspecified atom stereocenters. The Labute approximate surface area is 172 Å². The Hall–Kier alpha value is -1.41. The predicted molar refractivity (Wildman–Crippen MR) is 115 cm³/mol. The topological polar surface area (TPSA) is 45.2 Å². The number of likely N-dealkylation sites (tertiary alicyclic amines) is 1. The summed E-state index contributed by atoms with van der Waals surface area (Å²) in [5.41, 5.74) is 2.01. The van der Waals surface area contributed by atoms with Gasteiger partial charge in [-0.05, 0) is 49.9 Å². The third-order valence-corrected chi connectivity index (χ3v) is 7.08. The van der Waals surface area contributed by atoms with Crippen molar-refractivity contribution in [2.45, 2.75) is 23.7 Å². The molecule has 0 amide bonds. The molecule has 2 aromatic heterocycles. The van der Waals surface area contributed by atoms with E-state index >= 15 is 0 Å². The third-order valence-electron chi connectivity index (χ3n) is 4.80. The van der Waals surface area contributed by atoms with Gasteiger partial charge in [0.2, 0.25) is 0 Å². The Morgan fingerprint density at radius 2 is 1.96 bits per heavy atom. The van der Waals surface area contributed by atoms with Crippen LogP contribution in [-0.2, 0) is 6.54 Å². The van der Waals surface area contributed by atoms with Gasteiger partial charge in [-0.3, -0.25) is 0 Å². The van der Waals surface area contributed by atoms with E-state index in [1.807, 2.05) is 18.4 Å². The molecular weight excluding hydrogens is 398 g/mol. The quantitative estimate of drug-likeness (QED) is 0.523. The number of nitrogens with zero attached hydrogens (tertiary/aromatic N) is 5. The van der Waals surface area contributed by atoms with Crippen LogP contribution >= 0.6 is 34.7 Å². The van der Waals surface area contributed by atoms with Crippen molar-refractivity contribution in [1.82, 2.24) is 19.9 Å². The zero-order valence-electron chi connectivity index (χ0n) is 15.3. The number of halogens is 1. The minimum absolute atomic E-state index is 0.763. The van der Waals surface area contributed by atoms with E-state index in [1.54, 1.807) is 29.4 Å². The van der Waals surface area contributed by atoms with Crippen LogP contribution in [0.2, 0.25) is 5.02 Å². The van der Waals surface area contributed by atoms with E-state index in [-0.39, 0.29) is 0 Å². The molecule has 0 saturated carbocycles. The molecule has 0 aliphatic carbocycles. The van der Waals surface area contributed by atoms with Crippen LogP contribution in [0.15, 0.2) is 34.9 Å². The van der Waals surface area contributed by atoms with Crippen molar-refractivity contribution in [2.75, 3.05) is 37.3 Å². The highest BCUT2D eigenvalue weighted by molar-refractivity contribution is 8.00. The van der Waals surface area contributed by atoms with Gasteiger partial charge in [-0.2, -0.15) is 0 Å². The van der Waals surface area contributed by atoms with Crippen molar-refractivity contribution in [3.8, 4) is 0 Å². The molecular formula is C19H22ClN5S2. The number of rotatable bonds is 7. The lowest BCUT2D eigenvalue weighted by Crippen LogP contribution is -2.34. The molecule has 27 heavy (non-hydrogen) atoms. The molecule has 4 rings (SSSR count). The molecule has 0 atom stereocenters. The second-order valence-electron chi connectivity index (χ2n) is 6.63. The maximum absolute atomic E-state index is 6.06. The van der Waals surface area contributed by atoms with Gasteiger partial charge in [0.15, 0.2) is 15.8 Å². The minimum atomic E-state index is 0.763. The average molecular weight is 420 g/mol. The fourth-order valence-corrected chi connectivity index (χ4v) is 5.03. The van der Waals surface area contributed by atoms with Gasteiger partial charge in [0, 0.05) is 24.7 Å². The summed E-state index contributed by atoms with van der Waals surface area (Å²) in [5, 5.41) is 0.763. The smallest absolute Gasteiger partial charge is 0.176 e. The Bertz CT molecular complexity index is 893. The van der Waals surface area contributed by atoms with E-state index in [4.69, 9.17) is 11.6 Å². The summed E-state index contributed by atoms with van der Waals surface area (Å²) in [6.45, 7) is 5.18. The molecule has 142 valence electrons. The highest BCUT2D eigenvalue weighted by atomic mass is 35.5. The first-order valence-electron chi connectivity index (χ1n) is 9.10. The lowest BCUT2D eigenvalue weighted by atomic mass is 10.2.